The zero-order valence-electron chi connectivity index (χ0n) is 10.8. The van der Waals surface area contributed by atoms with E-state index in [1.165, 1.54) is 16.4 Å². The maximum atomic E-state index is 12.4. The summed E-state index contributed by atoms with van der Waals surface area (Å²) in [6.07, 6.45) is 1.76. The van der Waals surface area contributed by atoms with Gasteiger partial charge in [0.25, 0.3) is 0 Å². The molecule has 1 rings (SSSR count). The van der Waals surface area contributed by atoms with Gasteiger partial charge in [-0.05, 0) is 18.6 Å². The molecule has 0 fully saturated rings. The fourth-order valence-corrected chi connectivity index (χ4v) is 3.34. The molecular weight excluding hydrogens is 248 g/mol. The third-order valence-corrected chi connectivity index (χ3v) is 4.77. The van der Waals surface area contributed by atoms with E-state index >= 15 is 0 Å². The molecule has 0 unspecified atom stereocenters. The highest BCUT2D eigenvalue weighted by Gasteiger charge is 2.24. The van der Waals surface area contributed by atoms with E-state index < -0.39 is 10.0 Å². The Labute approximate surface area is 109 Å². The number of nitriles is 1. The lowest BCUT2D eigenvalue weighted by molar-refractivity contribution is 0.419. The lowest BCUT2D eigenvalue weighted by Gasteiger charge is -2.20. The molecule has 18 heavy (non-hydrogen) atoms. The molecule has 0 aliphatic rings. The van der Waals surface area contributed by atoms with Crippen LogP contribution in [0.3, 0.4) is 0 Å². The molecule has 0 amide bonds. The second-order valence-corrected chi connectivity index (χ2v) is 5.86. The van der Waals surface area contributed by atoms with Crippen molar-refractivity contribution in [3.8, 4) is 6.07 Å². The molecule has 0 saturated carbocycles. The largest absolute Gasteiger partial charge is 0.244 e. The lowest BCUT2D eigenvalue weighted by atomic mass is 10.2. The summed E-state index contributed by atoms with van der Waals surface area (Å²) in [5.74, 6) is 0. The molecule has 0 bridgehead atoms. The molecule has 0 saturated heterocycles. The Morgan fingerprint density at radius 2 is 1.94 bits per heavy atom. The quantitative estimate of drug-likeness (QED) is 0.794. The molecule has 1 aromatic carbocycles. The van der Waals surface area contributed by atoms with Gasteiger partial charge in [0.2, 0.25) is 10.0 Å². The van der Waals surface area contributed by atoms with Crippen molar-refractivity contribution in [1.29, 1.82) is 5.26 Å². The number of hydrogen-bond acceptors (Lipinski definition) is 3. The normalized spacial score (nSPS) is 11.4. The van der Waals surface area contributed by atoms with E-state index in [1.807, 2.05) is 19.9 Å². The summed E-state index contributed by atoms with van der Waals surface area (Å²) < 4.78 is 26.3. The Hall–Kier alpha value is -1.38. The van der Waals surface area contributed by atoms with E-state index in [2.05, 4.69) is 0 Å². The molecule has 0 N–H and O–H groups in total. The van der Waals surface area contributed by atoms with Gasteiger partial charge in [0, 0.05) is 13.1 Å². The minimum absolute atomic E-state index is 0.102. The average Bonchev–Trinajstić information content (AvgIpc) is 2.39. The van der Waals surface area contributed by atoms with Crippen LogP contribution in [0.15, 0.2) is 29.2 Å². The molecule has 1 aromatic rings. The maximum Gasteiger partial charge on any atom is 0.244 e. The molecule has 4 nitrogen and oxygen atoms in total. The summed E-state index contributed by atoms with van der Waals surface area (Å²) in [5, 5.41) is 8.98. The van der Waals surface area contributed by atoms with Gasteiger partial charge in [-0.15, -0.1) is 0 Å². The van der Waals surface area contributed by atoms with Crippen LogP contribution in [0.25, 0.3) is 0 Å². The van der Waals surface area contributed by atoms with Crippen molar-refractivity contribution in [2.24, 2.45) is 0 Å². The van der Waals surface area contributed by atoms with Gasteiger partial charge in [0.05, 0.1) is 10.5 Å². The highest BCUT2D eigenvalue weighted by atomic mass is 32.2. The van der Waals surface area contributed by atoms with Crippen LogP contribution in [0, 0.1) is 11.3 Å². The van der Waals surface area contributed by atoms with Gasteiger partial charge < -0.3 is 0 Å². The van der Waals surface area contributed by atoms with Crippen LogP contribution < -0.4 is 0 Å². The van der Waals surface area contributed by atoms with E-state index in [4.69, 9.17) is 5.26 Å². The number of benzene rings is 1. The first-order chi connectivity index (χ1) is 8.57. The Bertz CT molecular complexity index is 532. The van der Waals surface area contributed by atoms with Crippen molar-refractivity contribution in [3.63, 3.8) is 0 Å². The van der Waals surface area contributed by atoms with Crippen LogP contribution >= 0.6 is 0 Å². The molecule has 0 spiro atoms. The summed E-state index contributed by atoms with van der Waals surface area (Å²) in [6, 6.07) is 8.25. The Kier molecular flexibility index (Phi) is 5.32. The number of unbranched alkanes of at least 4 members (excludes halogenated alkanes) is 1. The molecule has 0 atom stereocenters. The minimum Gasteiger partial charge on any atom is -0.207 e. The predicted octanol–water partition coefficient (Wildman–Crippen LogP) is 2.37. The van der Waals surface area contributed by atoms with Gasteiger partial charge in [-0.1, -0.05) is 32.4 Å². The average molecular weight is 266 g/mol. The first-order valence-electron chi connectivity index (χ1n) is 6.07. The zero-order valence-corrected chi connectivity index (χ0v) is 11.6. The summed E-state index contributed by atoms with van der Waals surface area (Å²) in [4.78, 5) is 0.102. The van der Waals surface area contributed by atoms with Crippen LogP contribution in [0.5, 0.6) is 0 Å². The molecule has 5 heteroatoms. The Morgan fingerprint density at radius 1 is 1.28 bits per heavy atom. The van der Waals surface area contributed by atoms with Crippen molar-refractivity contribution in [3.05, 3.63) is 29.8 Å². The highest BCUT2D eigenvalue weighted by molar-refractivity contribution is 7.89. The van der Waals surface area contributed by atoms with Gasteiger partial charge in [-0.3, -0.25) is 0 Å². The first-order valence-corrected chi connectivity index (χ1v) is 7.51. The maximum absolute atomic E-state index is 12.4. The molecule has 0 radical (unpaired) electrons. The highest BCUT2D eigenvalue weighted by Crippen LogP contribution is 2.19. The Morgan fingerprint density at radius 3 is 2.50 bits per heavy atom. The topological polar surface area (TPSA) is 61.2 Å². The number of sulfonamides is 1. The van der Waals surface area contributed by atoms with Gasteiger partial charge >= 0.3 is 0 Å². The van der Waals surface area contributed by atoms with E-state index in [9.17, 15) is 8.42 Å². The monoisotopic (exact) mass is 266 g/mol. The van der Waals surface area contributed by atoms with Crippen molar-refractivity contribution in [2.45, 2.75) is 31.6 Å². The zero-order chi connectivity index (χ0) is 13.6. The second-order valence-electron chi connectivity index (χ2n) is 3.96. The van der Waals surface area contributed by atoms with Crippen LogP contribution in [0.1, 0.15) is 32.3 Å². The van der Waals surface area contributed by atoms with Crippen molar-refractivity contribution < 1.29 is 8.42 Å². The fourth-order valence-electron chi connectivity index (χ4n) is 1.71. The van der Waals surface area contributed by atoms with Gasteiger partial charge in [-0.25, -0.2) is 8.42 Å². The summed E-state index contributed by atoms with van der Waals surface area (Å²) >= 11 is 0. The van der Waals surface area contributed by atoms with E-state index in [1.54, 1.807) is 12.1 Å². The molecule has 98 valence electrons. The lowest BCUT2D eigenvalue weighted by Crippen LogP contribution is -2.32. The molecule has 0 aliphatic carbocycles. The van der Waals surface area contributed by atoms with Crippen LogP contribution in [0.4, 0.5) is 0 Å². The Balaban J connectivity index is 3.15. The number of rotatable bonds is 6. The second kappa shape index (κ2) is 6.53. The van der Waals surface area contributed by atoms with Crippen LogP contribution in [0.2, 0.25) is 0 Å². The van der Waals surface area contributed by atoms with Gasteiger partial charge in [0.1, 0.15) is 6.07 Å². The van der Waals surface area contributed by atoms with Gasteiger partial charge in [-0.2, -0.15) is 9.57 Å². The predicted molar refractivity (Wildman–Crippen MR) is 70.5 cm³/mol. The fraction of sp³-hybridized carbons (Fsp3) is 0.462. The first kappa shape index (κ1) is 14.7. The smallest absolute Gasteiger partial charge is 0.207 e. The summed E-state index contributed by atoms with van der Waals surface area (Å²) in [7, 11) is -3.56. The SMILES string of the molecule is CCCCN(CC)S(=O)(=O)c1ccccc1C#N. The minimum atomic E-state index is -3.56. The number of hydrogen-bond donors (Lipinski definition) is 0. The van der Waals surface area contributed by atoms with E-state index in [0.29, 0.717) is 13.1 Å². The summed E-state index contributed by atoms with van der Waals surface area (Å²) in [5.41, 5.74) is 0.201. The molecular formula is C13H18N2O2S. The third kappa shape index (κ3) is 3.09. The van der Waals surface area contributed by atoms with Crippen LogP contribution in [-0.2, 0) is 10.0 Å². The number of nitrogens with zero attached hydrogens (tertiary/aromatic N) is 2. The molecule has 0 aliphatic heterocycles. The van der Waals surface area contributed by atoms with Crippen molar-refractivity contribution >= 4 is 10.0 Å². The van der Waals surface area contributed by atoms with E-state index in [0.717, 1.165) is 12.8 Å². The third-order valence-electron chi connectivity index (χ3n) is 2.74. The van der Waals surface area contributed by atoms with Crippen molar-refractivity contribution in [1.82, 2.24) is 4.31 Å². The van der Waals surface area contributed by atoms with Crippen LogP contribution in [-0.4, -0.2) is 25.8 Å². The molecule has 0 aromatic heterocycles. The van der Waals surface area contributed by atoms with Crippen molar-refractivity contribution in [2.75, 3.05) is 13.1 Å². The summed E-state index contributed by atoms with van der Waals surface area (Å²) in [6.45, 7) is 4.74. The van der Waals surface area contributed by atoms with Gasteiger partial charge in [0.15, 0.2) is 0 Å². The molecule has 0 heterocycles. The van der Waals surface area contributed by atoms with E-state index in [-0.39, 0.29) is 10.5 Å². The standard InChI is InChI=1S/C13H18N2O2S/c1-3-5-10-15(4-2)18(16,17)13-9-7-6-8-12(13)11-14/h6-9H,3-5,10H2,1-2H3.